The maximum Gasteiger partial charge on any atom is 0.252 e. The Bertz CT molecular complexity index is 501. The largest absolute Gasteiger partial charge is 0.375 e. The fourth-order valence-corrected chi connectivity index (χ4v) is 2.91. The van der Waals surface area contributed by atoms with Gasteiger partial charge in [0.1, 0.15) is 13.2 Å². The zero-order valence-electron chi connectivity index (χ0n) is 13.0. The molecule has 1 saturated carbocycles. The monoisotopic (exact) mass is 309 g/mol. The molecule has 0 spiro atoms. The summed E-state index contributed by atoms with van der Waals surface area (Å²) in [5.74, 6) is 1.54. The van der Waals surface area contributed by atoms with Crippen LogP contribution in [0.2, 0.25) is 0 Å². The van der Waals surface area contributed by atoms with E-state index in [9.17, 15) is 4.79 Å². The highest BCUT2D eigenvalue weighted by atomic mass is 16.5. The molecule has 1 aliphatic carbocycles. The third-order valence-corrected chi connectivity index (χ3v) is 4.37. The fourth-order valence-electron chi connectivity index (χ4n) is 2.91. The maximum atomic E-state index is 12.3. The number of ether oxygens (including phenoxy) is 2. The van der Waals surface area contributed by atoms with Crippen molar-refractivity contribution in [2.75, 3.05) is 20.2 Å². The smallest absolute Gasteiger partial charge is 0.252 e. The summed E-state index contributed by atoms with van der Waals surface area (Å²) < 4.78 is 15.8. The van der Waals surface area contributed by atoms with Crippen LogP contribution >= 0.6 is 0 Å². The summed E-state index contributed by atoms with van der Waals surface area (Å²) in [4.78, 5) is 18.4. The molecule has 0 aromatic carbocycles. The lowest BCUT2D eigenvalue weighted by Gasteiger charge is -2.37. The maximum absolute atomic E-state index is 12.3. The zero-order valence-corrected chi connectivity index (χ0v) is 13.0. The van der Waals surface area contributed by atoms with Gasteiger partial charge in [-0.25, -0.2) is 0 Å². The first-order chi connectivity index (χ1) is 10.8. The van der Waals surface area contributed by atoms with Gasteiger partial charge in [0.25, 0.3) is 5.89 Å². The van der Waals surface area contributed by atoms with E-state index in [4.69, 9.17) is 14.0 Å². The molecule has 122 valence electrons. The summed E-state index contributed by atoms with van der Waals surface area (Å²) in [7, 11) is 1.58. The molecule has 3 rings (SSSR count). The molecule has 1 unspecified atom stereocenters. The topological polar surface area (TPSA) is 77.7 Å². The van der Waals surface area contributed by atoms with E-state index in [0.717, 1.165) is 32.2 Å². The van der Waals surface area contributed by atoms with Gasteiger partial charge in [0, 0.05) is 26.1 Å². The molecule has 0 radical (unpaired) electrons. The fraction of sp³-hybridized carbons (Fsp3) is 0.800. The molecule has 7 nitrogen and oxygen atoms in total. The van der Waals surface area contributed by atoms with Gasteiger partial charge < -0.3 is 18.9 Å². The van der Waals surface area contributed by atoms with Crippen LogP contribution in [0.3, 0.4) is 0 Å². The minimum absolute atomic E-state index is 0.0575. The Morgan fingerprint density at radius 1 is 1.32 bits per heavy atom. The van der Waals surface area contributed by atoms with Crippen molar-refractivity contribution in [1.82, 2.24) is 15.0 Å². The van der Waals surface area contributed by atoms with Crippen LogP contribution in [0.25, 0.3) is 0 Å². The van der Waals surface area contributed by atoms with Crippen molar-refractivity contribution in [3.63, 3.8) is 0 Å². The third-order valence-electron chi connectivity index (χ3n) is 4.37. The van der Waals surface area contributed by atoms with E-state index >= 15 is 0 Å². The van der Waals surface area contributed by atoms with Crippen LogP contribution in [0.1, 0.15) is 43.8 Å². The molecule has 1 aromatic rings. The zero-order chi connectivity index (χ0) is 15.4. The Labute approximate surface area is 129 Å². The van der Waals surface area contributed by atoms with Crippen LogP contribution in [0.15, 0.2) is 4.52 Å². The second-order valence-electron chi connectivity index (χ2n) is 6.02. The van der Waals surface area contributed by atoms with Gasteiger partial charge in [0.2, 0.25) is 5.91 Å². The quantitative estimate of drug-likeness (QED) is 0.793. The summed E-state index contributed by atoms with van der Waals surface area (Å²) in [6.07, 6.45) is 5.30. The van der Waals surface area contributed by atoms with Crippen molar-refractivity contribution in [3.8, 4) is 0 Å². The number of carbonyl (C=O) groups excluding carboxylic acids is 1. The molecule has 1 aliphatic heterocycles. The van der Waals surface area contributed by atoms with Gasteiger partial charge in [-0.15, -0.1) is 0 Å². The average molecular weight is 309 g/mol. The van der Waals surface area contributed by atoms with Gasteiger partial charge in [0.05, 0.1) is 6.10 Å². The summed E-state index contributed by atoms with van der Waals surface area (Å²) in [5.41, 5.74) is 0. The Hall–Kier alpha value is -1.47. The number of carbonyl (C=O) groups is 1. The van der Waals surface area contributed by atoms with E-state index < -0.39 is 0 Å². The minimum atomic E-state index is 0.0575. The van der Waals surface area contributed by atoms with E-state index in [0.29, 0.717) is 37.4 Å². The van der Waals surface area contributed by atoms with Crippen LogP contribution in [0.5, 0.6) is 0 Å². The van der Waals surface area contributed by atoms with Crippen LogP contribution < -0.4 is 0 Å². The predicted molar refractivity (Wildman–Crippen MR) is 76.7 cm³/mol. The van der Waals surface area contributed by atoms with E-state index in [1.54, 1.807) is 7.11 Å². The summed E-state index contributed by atoms with van der Waals surface area (Å²) in [6.45, 7) is 2.15. The third kappa shape index (κ3) is 3.64. The van der Waals surface area contributed by atoms with Crippen molar-refractivity contribution < 1.29 is 18.8 Å². The number of hydrogen-bond donors (Lipinski definition) is 0. The van der Waals surface area contributed by atoms with Gasteiger partial charge in [-0.3, -0.25) is 4.79 Å². The molecule has 1 amide bonds. The predicted octanol–water partition coefficient (Wildman–Crippen LogP) is 1.52. The second-order valence-corrected chi connectivity index (χ2v) is 6.02. The van der Waals surface area contributed by atoms with Gasteiger partial charge in [0.15, 0.2) is 5.82 Å². The first kappa shape index (κ1) is 15.4. The summed E-state index contributed by atoms with van der Waals surface area (Å²) in [5, 5.41) is 3.85. The Morgan fingerprint density at radius 2 is 2.18 bits per heavy atom. The van der Waals surface area contributed by atoms with Crippen LogP contribution in [-0.4, -0.2) is 47.3 Å². The Morgan fingerprint density at radius 3 is 2.91 bits per heavy atom. The molecule has 7 heteroatoms. The second kappa shape index (κ2) is 7.19. The van der Waals surface area contributed by atoms with Crippen LogP contribution in [-0.2, 0) is 27.5 Å². The van der Waals surface area contributed by atoms with Crippen LogP contribution in [0, 0.1) is 5.92 Å². The first-order valence-electron chi connectivity index (χ1n) is 7.97. The number of likely N-dealkylation sites (tertiary alicyclic amines) is 1. The van der Waals surface area contributed by atoms with E-state index in [1.165, 1.54) is 6.42 Å². The SMILES string of the molecule is COCc1nc(COC2CCCN(C(=O)C3CCC3)C2)no1. The number of piperidine rings is 1. The minimum Gasteiger partial charge on any atom is -0.375 e. The number of methoxy groups -OCH3 is 1. The molecule has 1 aromatic heterocycles. The van der Waals surface area contributed by atoms with Gasteiger partial charge in [-0.1, -0.05) is 11.6 Å². The van der Waals surface area contributed by atoms with E-state index in [1.807, 2.05) is 4.90 Å². The van der Waals surface area contributed by atoms with Crippen molar-refractivity contribution in [1.29, 1.82) is 0 Å². The molecule has 2 heterocycles. The molecular formula is C15H23N3O4. The van der Waals surface area contributed by atoms with Crippen molar-refractivity contribution in [2.24, 2.45) is 5.92 Å². The van der Waals surface area contributed by atoms with Gasteiger partial charge in [-0.05, 0) is 25.7 Å². The number of amides is 1. The normalized spacial score (nSPS) is 22.6. The standard InChI is InChI=1S/C15H23N3O4/c1-20-10-14-16-13(17-22-14)9-21-12-6-3-7-18(8-12)15(19)11-4-2-5-11/h11-12H,2-10H2,1H3. The lowest BCUT2D eigenvalue weighted by atomic mass is 9.84. The van der Waals surface area contributed by atoms with Crippen molar-refractivity contribution in [3.05, 3.63) is 11.7 Å². The number of aromatic nitrogens is 2. The number of rotatable bonds is 6. The first-order valence-corrected chi connectivity index (χ1v) is 7.97. The van der Waals surface area contributed by atoms with E-state index in [-0.39, 0.29) is 12.0 Å². The van der Waals surface area contributed by atoms with Gasteiger partial charge in [-0.2, -0.15) is 4.98 Å². The van der Waals surface area contributed by atoms with E-state index in [2.05, 4.69) is 10.1 Å². The Kier molecular flexibility index (Phi) is 5.04. The molecule has 2 fully saturated rings. The Balaban J connectivity index is 1.46. The highest BCUT2D eigenvalue weighted by Gasteiger charge is 2.32. The number of hydrogen-bond acceptors (Lipinski definition) is 6. The molecule has 2 aliphatic rings. The molecular weight excluding hydrogens is 286 g/mol. The summed E-state index contributed by atoms with van der Waals surface area (Å²) >= 11 is 0. The molecule has 22 heavy (non-hydrogen) atoms. The molecule has 1 saturated heterocycles. The molecule has 0 bridgehead atoms. The lowest BCUT2D eigenvalue weighted by molar-refractivity contribution is -0.142. The molecule has 0 N–H and O–H groups in total. The highest BCUT2D eigenvalue weighted by Crippen LogP contribution is 2.29. The van der Waals surface area contributed by atoms with Crippen LogP contribution in [0.4, 0.5) is 0 Å². The van der Waals surface area contributed by atoms with Crippen molar-refractivity contribution >= 4 is 5.91 Å². The van der Waals surface area contributed by atoms with Gasteiger partial charge >= 0.3 is 0 Å². The highest BCUT2D eigenvalue weighted by molar-refractivity contribution is 5.79. The van der Waals surface area contributed by atoms with Crippen molar-refractivity contribution in [2.45, 2.75) is 51.4 Å². The summed E-state index contributed by atoms with van der Waals surface area (Å²) in [6, 6.07) is 0. The average Bonchev–Trinajstić information content (AvgIpc) is 2.92. The lowest BCUT2D eigenvalue weighted by Crippen LogP contribution is -2.46. The molecule has 1 atom stereocenters. The number of nitrogens with zero attached hydrogens (tertiary/aromatic N) is 3.